The third kappa shape index (κ3) is 6.22. The second kappa shape index (κ2) is 14.4. The minimum Gasteiger partial charge on any atom is -0.415 e. The summed E-state index contributed by atoms with van der Waals surface area (Å²) in [6.45, 7) is 0.727. The molecule has 0 bridgehead atoms. The van der Waals surface area contributed by atoms with Crippen molar-refractivity contribution in [1.82, 2.24) is 15.0 Å². The highest BCUT2D eigenvalue weighted by Crippen LogP contribution is 2.39. The average Bonchev–Trinajstić information content (AvgIpc) is 4.13. The van der Waals surface area contributed by atoms with Gasteiger partial charge >= 0.3 is 5.97 Å². The van der Waals surface area contributed by atoms with Crippen LogP contribution in [0, 0.1) is 29.1 Å². The molecule has 0 fully saturated rings. The highest BCUT2D eigenvalue weighted by atomic mass is 19.2. The van der Waals surface area contributed by atoms with E-state index in [4.69, 9.17) is 0 Å². The number of hydrogen-bond donors (Lipinski definition) is 3. The number of aromatic nitrogens is 3. The van der Waals surface area contributed by atoms with Crippen molar-refractivity contribution in [3.63, 3.8) is 0 Å². The van der Waals surface area contributed by atoms with E-state index in [-0.39, 0.29) is 24.1 Å². The van der Waals surface area contributed by atoms with Crippen LogP contribution in [0.4, 0.5) is 50.4 Å². The molecule has 2 aliphatic heterocycles. The van der Waals surface area contributed by atoms with Crippen molar-refractivity contribution in [3.05, 3.63) is 142 Å². The summed E-state index contributed by atoms with van der Waals surface area (Å²) in [5.41, 5.74) is 7.68. The van der Waals surface area contributed by atoms with Gasteiger partial charge in [-0.05, 0) is 109 Å². The lowest BCUT2D eigenvalue weighted by molar-refractivity contribution is 0.0710. The first-order chi connectivity index (χ1) is 29.8. The van der Waals surface area contributed by atoms with E-state index < -0.39 is 40.8 Å². The van der Waals surface area contributed by atoms with Crippen LogP contribution in [-0.2, 0) is 12.8 Å². The van der Waals surface area contributed by atoms with E-state index in [2.05, 4.69) is 29.9 Å². The summed E-state index contributed by atoms with van der Waals surface area (Å²) in [5, 5.41) is 10.9. The monoisotopic (exact) mass is 842 g/mol. The normalized spacial score (nSPS) is 13.5. The van der Waals surface area contributed by atoms with Gasteiger partial charge in [0, 0.05) is 77.0 Å². The Labute approximate surface area is 347 Å². The van der Waals surface area contributed by atoms with E-state index in [1.165, 1.54) is 6.07 Å². The maximum absolute atomic E-state index is 14.2. The molecule has 5 heterocycles. The first-order valence-electron chi connectivity index (χ1n) is 19.3. The molecule has 12 nitrogen and oxygen atoms in total. The summed E-state index contributed by atoms with van der Waals surface area (Å²) < 4.78 is 74.0. The zero-order chi connectivity index (χ0) is 43.1. The van der Waals surface area contributed by atoms with E-state index in [9.17, 15) is 36.3 Å². The fraction of sp³-hybridized carbons (Fsp3) is 0.133. The van der Waals surface area contributed by atoms with Gasteiger partial charge in [0.15, 0.2) is 0 Å². The molecule has 0 unspecified atom stereocenters. The van der Waals surface area contributed by atoms with Gasteiger partial charge in [-0.25, -0.2) is 18.0 Å². The maximum Gasteiger partial charge on any atom is 0.360 e. The second-order valence-electron chi connectivity index (χ2n) is 15.2. The lowest BCUT2D eigenvalue weighted by Gasteiger charge is -2.16. The van der Waals surface area contributed by atoms with E-state index in [1.54, 1.807) is 34.1 Å². The molecule has 0 atom stereocenters. The number of anilines is 3. The van der Waals surface area contributed by atoms with Gasteiger partial charge in [-0.1, -0.05) is 0 Å². The molecule has 2 amide bonds. The highest BCUT2D eigenvalue weighted by molar-refractivity contribution is 6.13. The number of ether oxygens (including phenoxy) is 1. The van der Waals surface area contributed by atoms with E-state index >= 15 is 0 Å². The zero-order valence-electron chi connectivity index (χ0n) is 32.7. The number of rotatable bonds is 7. The van der Waals surface area contributed by atoms with Crippen molar-refractivity contribution in [2.45, 2.75) is 12.8 Å². The van der Waals surface area contributed by atoms with Crippen molar-refractivity contribution in [3.8, 4) is 5.75 Å². The van der Waals surface area contributed by atoms with Gasteiger partial charge in [0.1, 0.15) is 17.1 Å². The standard InChI is InChI=1S/C45H31F5N8O4/c1-56(2)24-6-3-22(4-7-24)54-55-23-5-8-29-21(17-23)18-32(51-29)43(59)57-15-13-25-27-19-33(52-30(27)9-11-35(25)57)44(60)58-16-14-26-28-20-34(53-31(28)10-12-36(26)58)45(61)62-42-40(49)38(47)37(46)39(48)41(42)50/h3-12,17-20,51-53H,13-16H2,1-2H3. The molecule has 3 aromatic heterocycles. The Kier molecular flexibility index (Phi) is 8.93. The summed E-state index contributed by atoms with van der Waals surface area (Å²) in [6, 6.07) is 25.2. The quantitative estimate of drug-likeness (QED) is 0.0366. The molecule has 0 aliphatic carbocycles. The number of benzene rings is 5. The number of carbonyl (C=O) groups excluding carboxylic acids is 3. The minimum absolute atomic E-state index is 0.200. The lowest BCUT2D eigenvalue weighted by Crippen LogP contribution is -2.29. The Morgan fingerprint density at radius 1 is 0.581 bits per heavy atom. The number of H-pyrrole nitrogens is 3. The third-order valence-electron chi connectivity index (χ3n) is 11.3. The Morgan fingerprint density at radius 3 is 1.66 bits per heavy atom. The molecule has 8 aromatic rings. The molecule has 5 aromatic carbocycles. The number of hydrogen-bond acceptors (Lipinski definition) is 7. The molecule has 310 valence electrons. The first kappa shape index (κ1) is 38.4. The van der Waals surface area contributed by atoms with Crippen molar-refractivity contribution < 1.29 is 41.1 Å². The van der Waals surface area contributed by atoms with Crippen LogP contribution in [-0.4, -0.2) is 59.9 Å². The van der Waals surface area contributed by atoms with Crippen LogP contribution >= 0.6 is 0 Å². The number of halogens is 5. The smallest absolute Gasteiger partial charge is 0.360 e. The topological polar surface area (TPSA) is 142 Å². The summed E-state index contributed by atoms with van der Waals surface area (Å²) in [5.74, 6) is -15.1. The fourth-order valence-electron chi connectivity index (χ4n) is 8.21. The molecule has 17 heteroatoms. The van der Waals surface area contributed by atoms with E-state index in [0.29, 0.717) is 64.3 Å². The predicted octanol–water partition coefficient (Wildman–Crippen LogP) is 9.93. The third-order valence-corrected chi connectivity index (χ3v) is 11.3. The van der Waals surface area contributed by atoms with Gasteiger partial charge in [0.05, 0.1) is 11.4 Å². The van der Waals surface area contributed by atoms with Crippen molar-refractivity contribution in [2.24, 2.45) is 10.2 Å². The largest absolute Gasteiger partial charge is 0.415 e. The number of amides is 2. The summed E-state index contributed by atoms with van der Waals surface area (Å²) in [4.78, 5) is 55.4. The van der Waals surface area contributed by atoms with Gasteiger partial charge < -0.3 is 34.4 Å². The summed E-state index contributed by atoms with van der Waals surface area (Å²) in [6.07, 6.45) is 0.956. The van der Waals surface area contributed by atoms with Gasteiger partial charge in [-0.3, -0.25) is 9.59 Å². The van der Waals surface area contributed by atoms with E-state index in [0.717, 1.165) is 38.7 Å². The van der Waals surface area contributed by atoms with Gasteiger partial charge in [0.2, 0.25) is 34.8 Å². The number of carbonyl (C=O) groups is 3. The lowest BCUT2D eigenvalue weighted by atomic mass is 10.1. The molecular weight excluding hydrogens is 812 g/mol. The van der Waals surface area contributed by atoms with Crippen LogP contribution in [0.15, 0.2) is 95.2 Å². The van der Waals surface area contributed by atoms with E-state index in [1.807, 2.05) is 73.6 Å². The van der Waals surface area contributed by atoms with Crippen molar-refractivity contribution in [2.75, 3.05) is 41.9 Å². The molecule has 0 radical (unpaired) electrons. The van der Waals surface area contributed by atoms with Crippen LogP contribution in [0.1, 0.15) is 42.6 Å². The maximum atomic E-state index is 14.2. The zero-order valence-corrected chi connectivity index (χ0v) is 32.7. The summed E-state index contributed by atoms with van der Waals surface area (Å²) in [7, 11) is 3.93. The number of fused-ring (bicyclic) bond motifs is 7. The Hall–Kier alpha value is -7.82. The van der Waals surface area contributed by atoms with Crippen LogP contribution in [0.5, 0.6) is 5.75 Å². The van der Waals surface area contributed by atoms with Gasteiger partial charge in [-0.15, -0.1) is 0 Å². The second-order valence-corrected chi connectivity index (χ2v) is 15.2. The molecular formula is C45H31F5N8O4. The van der Waals surface area contributed by atoms with Crippen LogP contribution in [0.2, 0.25) is 0 Å². The van der Waals surface area contributed by atoms with Crippen molar-refractivity contribution in [1.29, 1.82) is 0 Å². The molecule has 0 saturated carbocycles. The Bertz CT molecular complexity index is 3210. The van der Waals surface area contributed by atoms with Gasteiger partial charge in [-0.2, -0.15) is 19.0 Å². The first-order valence-corrected chi connectivity index (χ1v) is 19.3. The van der Waals surface area contributed by atoms with Crippen LogP contribution < -0.4 is 19.4 Å². The minimum atomic E-state index is -2.38. The number of aromatic amines is 3. The average molecular weight is 843 g/mol. The molecule has 62 heavy (non-hydrogen) atoms. The summed E-state index contributed by atoms with van der Waals surface area (Å²) >= 11 is 0. The fourth-order valence-corrected chi connectivity index (χ4v) is 8.21. The van der Waals surface area contributed by atoms with Crippen LogP contribution in [0.3, 0.4) is 0 Å². The van der Waals surface area contributed by atoms with Crippen LogP contribution in [0.25, 0.3) is 32.7 Å². The molecule has 2 aliphatic rings. The predicted molar refractivity (Wildman–Crippen MR) is 222 cm³/mol. The van der Waals surface area contributed by atoms with Gasteiger partial charge in [0.25, 0.3) is 11.8 Å². The molecule has 0 spiro atoms. The number of esters is 1. The highest BCUT2D eigenvalue weighted by Gasteiger charge is 2.33. The molecule has 0 saturated heterocycles. The number of nitrogens with one attached hydrogen (secondary N) is 3. The molecule has 10 rings (SSSR count). The van der Waals surface area contributed by atoms with Crippen molar-refractivity contribution >= 4 is 78.9 Å². The SMILES string of the molecule is CN(C)c1ccc(N=Nc2ccc3[nH]c(C(=O)N4CCc5c4ccc4[nH]c(C(=O)N6CCc7c6ccc6[nH]c(C(=O)Oc8c(F)c(F)c(F)c(F)c8F)cc76)cc54)cc3c2)cc1. The number of azo groups is 1. The Morgan fingerprint density at radius 2 is 1.06 bits per heavy atom. The number of nitrogens with zero attached hydrogens (tertiary/aromatic N) is 5. The Balaban J connectivity index is 0.863. The molecule has 3 N–H and O–H groups in total.